The van der Waals surface area contributed by atoms with Gasteiger partial charge in [-0.15, -0.1) is 0 Å². The molecule has 0 spiro atoms. The van der Waals surface area contributed by atoms with Gasteiger partial charge in [-0.05, 0) is 96.2 Å². The van der Waals surface area contributed by atoms with Crippen molar-refractivity contribution in [1.29, 1.82) is 0 Å². The predicted molar refractivity (Wildman–Crippen MR) is 158 cm³/mol. The van der Waals surface area contributed by atoms with Crippen molar-refractivity contribution in [3.8, 4) is 0 Å². The Morgan fingerprint density at radius 1 is 1.21 bits per heavy atom. The topological polar surface area (TPSA) is 74.7 Å². The summed E-state index contributed by atoms with van der Waals surface area (Å²) in [5, 5.41) is 0. The Morgan fingerprint density at radius 2 is 1.87 bits per heavy atom. The summed E-state index contributed by atoms with van der Waals surface area (Å²) in [6.07, 6.45) is 12.2. The molecule has 1 atom stereocenters. The van der Waals surface area contributed by atoms with E-state index in [0.29, 0.717) is 24.0 Å². The molecule has 1 aliphatic heterocycles. The van der Waals surface area contributed by atoms with E-state index in [1.54, 1.807) is 6.08 Å². The molecular weight excluding hydrogens is 496 g/mol. The molecule has 1 aromatic heterocycles. The molecule has 0 bridgehead atoms. The summed E-state index contributed by atoms with van der Waals surface area (Å²) in [6, 6.07) is 0.204. The number of hydrogen-bond donors (Lipinski definition) is 1. The number of likely N-dealkylation sites (tertiary alicyclic amines) is 1. The van der Waals surface area contributed by atoms with Crippen molar-refractivity contribution in [2.24, 2.45) is 5.92 Å². The molecule has 1 N–H and O–H groups in total. The van der Waals surface area contributed by atoms with Gasteiger partial charge in [-0.3, -0.25) is 4.79 Å². The molecule has 1 saturated carbocycles. The molecule has 1 aliphatic carbocycles. The van der Waals surface area contributed by atoms with Gasteiger partial charge in [0.1, 0.15) is 0 Å². The largest absolute Gasteiger partial charge is 0.336 e. The van der Waals surface area contributed by atoms with Crippen molar-refractivity contribution in [2.45, 2.75) is 84.7 Å². The first-order valence-electron chi connectivity index (χ1n) is 14.1. The molecule has 0 radical (unpaired) electrons. The Morgan fingerprint density at radius 3 is 2.39 bits per heavy atom. The van der Waals surface area contributed by atoms with E-state index in [-0.39, 0.29) is 18.0 Å². The maximum atomic E-state index is 13.3. The molecule has 212 valence electrons. The molecule has 8 heteroatoms. The zero-order valence-electron chi connectivity index (χ0n) is 24.3. The van der Waals surface area contributed by atoms with E-state index in [0.717, 1.165) is 68.7 Å². The van der Waals surface area contributed by atoms with Crippen molar-refractivity contribution < 1.29 is 13.2 Å². The van der Waals surface area contributed by atoms with Crippen molar-refractivity contribution >= 4 is 27.7 Å². The van der Waals surface area contributed by atoms with E-state index in [9.17, 15) is 13.2 Å². The fourth-order valence-corrected chi connectivity index (χ4v) is 7.23. The number of carbonyl (C=O) groups excluding carboxylic acids is 1. The van der Waals surface area contributed by atoms with Crippen LogP contribution in [0.25, 0.3) is 11.8 Å². The van der Waals surface area contributed by atoms with Crippen LogP contribution in [-0.4, -0.2) is 73.2 Å². The van der Waals surface area contributed by atoms with E-state index in [4.69, 9.17) is 0 Å². The number of nitrogens with one attached hydrogen (secondary N) is 1. The molecule has 7 nitrogen and oxygen atoms in total. The van der Waals surface area contributed by atoms with Gasteiger partial charge >= 0.3 is 0 Å². The third-order valence-corrected chi connectivity index (χ3v) is 9.16. The monoisotopic (exact) mass is 544 g/mol. The molecule has 2 aliphatic rings. The first kappa shape index (κ1) is 30.4. The molecular formula is C30H48N4O3S. The van der Waals surface area contributed by atoms with Gasteiger partial charge in [0.2, 0.25) is 10.0 Å². The average molecular weight is 545 g/mol. The highest BCUT2D eigenvalue weighted by Crippen LogP contribution is 2.36. The molecule has 1 aromatic rings. The van der Waals surface area contributed by atoms with Crippen LogP contribution in [-0.2, 0) is 14.8 Å². The third kappa shape index (κ3) is 7.07. The van der Waals surface area contributed by atoms with Crippen LogP contribution in [0.1, 0.15) is 82.5 Å². The molecule has 0 aromatic carbocycles. The van der Waals surface area contributed by atoms with Gasteiger partial charge in [-0.2, -0.15) is 0 Å². The second-order valence-electron chi connectivity index (χ2n) is 11.4. The minimum atomic E-state index is -3.14. The number of nitrogens with zero attached hydrogens (tertiary/aromatic N) is 3. The van der Waals surface area contributed by atoms with Crippen LogP contribution in [0.15, 0.2) is 31.0 Å². The Balaban J connectivity index is 1.74. The van der Waals surface area contributed by atoms with Crippen LogP contribution in [0, 0.1) is 12.8 Å². The maximum Gasteiger partial charge on any atom is 0.255 e. The predicted octanol–water partition coefficient (Wildman–Crippen LogP) is 5.01. The van der Waals surface area contributed by atoms with Gasteiger partial charge in [0.25, 0.3) is 5.91 Å². The van der Waals surface area contributed by atoms with Crippen molar-refractivity contribution in [2.75, 3.05) is 32.4 Å². The lowest BCUT2D eigenvalue weighted by molar-refractivity contribution is -0.128. The van der Waals surface area contributed by atoms with Crippen LogP contribution in [0.2, 0.25) is 0 Å². The molecule has 1 amide bonds. The summed E-state index contributed by atoms with van der Waals surface area (Å²) < 4.78 is 28.0. The van der Waals surface area contributed by atoms with E-state index in [1.165, 1.54) is 11.8 Å². The van der Waals surface area contributed by atoms with Gasteiger partial charge in [0.05, 0.1) is 11.8 Å². The van der Waals surface area contributed by atoms with E-state index >= 15 is 0 Å². The zero-order valence-corrected chi connectivity index (χ0v) is 25.1. The number of allylic oxidation sites excluding steroid dienone is 1. The lowest BCUT2D eigenvalue weighted by atomic mass is 9.86. The van der Waals surface area contributed by atoms with Crippen molar-refractivity contribution in [3.63, 3.8) is 0 Å². The minimum absolute atomic E-state index is 0.0123. The van der Waals surface area contributed by atoms with Crippen molar-refractivity contribution in [3.05, 3.63) is 47.8 Å². The zero-order chi connectivity index (χ0) is 28.2. The summed E-state index contributed by atoms with van der Waals surface area (Å²) in [7, 11) is -3.14. The normalized spacial score (nSPS) is 23.4. The highest BCUT2D eigenvalue weighted by atomic mass is 32.2. The maximum absolute atomic E-state index is 13.3. The summed E-state index contributed by atoms with van der Waals surface area (Å²) >= 11 is 0. The summed E-state index contributed by atoms with van der Waals surface area (Å²) in [5.74, 6) is 1.05. The lowest BCUT2D eigenvalue weighted by Gasteiger charge is -2.31. The Kier molecular flexibility index (Phi) is 10.2. The fourth-order valence-electron chi connectivity index (χ4n) is 6.38. The highest BCUT2D eigenvalue weighted by Gasteiger charge is 2.31. The number of rotatable bonds is 11. The molecule has 3 rings (SSSR count). The molecule has 38 heavy (non-hydrogen) atoms. The number of carbonyl (C=O) groups is 1. The fraction of sp³-hybridized carbons (Fsp3) is 0.633. The first-order chi connectivity index (χ1) is 17.9. The van der Waals surface area contributed by atoms with Crippen molar-refractivity contribution in [1.82, 2.24) is 19.1 Å². The lowest BCUT2D eigenvalue weighted by Crippen LogP contribution is -2.39. The number of likely N-dealkylation sites (N-methyl/N-ethyl adjacent to an activating group) is 1. The van der Waals surface area contributed by atoms with Crippen LogP contribution in [0.5, 0.6) is 0 Å². The summed E-state index contributed by atoms with van der Waals surface area (Å²) in [6.45, 7) is 22.1. The number of amides is 1. The first-order valence-corrected chi connectivity index (χ1v) is 16.0. The van der Waals surface area contributed by atoms with Gasteiger partial charge < -0.3 is 14.4 Å². The highest BCUT2D eigenvalue weighted by molar-refractivity contribution is 7.88. The summed E-state index contributed by atoms with van der Waals surface area (Å²) in [5.41, 5.74) is 5.09. The standard InChI is InChI=1S/C30H48N4O3S/c1-9-27-22(6)34(23(7)28(10-2)30(35)33(11-3)21(4)5)20-29(27)25-16-17-32(19-25)18-24-12-14-26(15-13-24)31-38(8,36)37/h9-10,20-21,24-26,31H,1-2,11-19H2,3-8H3/b28-23-. The second-order valence-corrected chi connectivity index (χ2v) is 13.2. The SMILES string of the molecule is C=C/C(C(=O)N(CC)C(C)C)=C(\C)n1cc(C2CCN(CC3CCC(NS(C)(=O)=O)CC3)C2)c(C=C)c1C. The Bertz CT molecular complexity index is 1160. The van der Waals surface area contributed by atoms with E-state index in [1.807, 2.05) is 38.7 Å². The van der Waals surface area contributed by atoms with Crippen LogP contribution >= 0.6 is 0 Å². The van der Waals surface area contributed by atoms with Crippen LogP contribution < -0.4 is 4.72 Å². The van der Waals surface area contributed by atoms with E-state index < -0.39 is 10.0 Å². The molecule has 1 saturated heterocycles. The molecule has 2 heterocycles. The second kappa shape index (κ2) is 12.8. The number of hydrogen-bond acceptors (Lipinski definition) is 4. The average Bonchev–Trinajstić information content (AvgIpc) is 3.43. The van der Waals surface area contributed by atoms with Gasteiger partial charge in [0, 0.05) is 49.3 Å². The van der Waals surface area contributed by atoms with Gasteiger partial charge in [0.15, 0.2) is 0 Å². The third-order valence-electron chi connectivity index (χ3n) is 8.40. The van der Waals surface area contributed by atoms with Crippen LogP contribution in [0.4, 0.5) is 0 Å². The number of sulfonamides is 1. The smallest absolute Gasteiger partial charge is 0.255 e. The summed E-state index contributed by atoms with van der Waals surface area (Å²) in [4.78, 5) is 17.8. The quantitative estimate of drug-likeness (QED) is 0.314. The molecule has 2 fully saturated rings. The van der Waals surface area contributed by atoms with E-state index in [2.05, 4.69) is 40.5 Å². The van der Waals surface area contributed by atoms with Crippen LogP contribution in [0.3, 0.4) is 0 Å². The van der Waals surface area contributed by atoms with Gasteiger partial charge in [-0.1, -0.05) is 25.3 Å². The number of aromatic nitrogens is 1. The Hall–Kier alpha value is -2.16. The molecule has 1 unspecified atom stereocenters. The minimum Gasteiger partial charge on any atom is -0.336 e. The van der Waals surface area contributed by atoms with Gasteiger partial charge in [-0.25, -0.2) is 13.1 Å². The Labute approximate surface area is 230 Å².